The van der Waals surface area contributed by atoms with Crippen LogP contribution in [0.15, 0.2) is 23.3 Å². The first kappa shape index (κ1) is 7.88. The monoisotopic (exact) mass is 232 g/mol. The standard InChI is InChI=1S/C9H10BrCl/c10-7-2-1-3-8(11)9(7)6-4-5-6/h1-3,6-7,9H,4-5H2. The molecule has 0 amide bonds. The van der Waals surface area contributed by atoms with Crippen LogP contribution in [0.5, 0.6) is 0 Å². The summed E-state index contributed by atoms with van der Waals surface area (Å²) in [6.07, 6.45) is 8.92. The van der Waals surface area contributed by atoms with Gasteiger partial charge in [0, 0.05) is 15.8 Å². The summed E-state index contributed by atoms with van der Waals surface area (Å²) in [6, 6.07) is 0. The summed E-state index contributed by atoms with van der Waals surface area (Å²) in [4.78, 5) is 0.465. The van der Waals surface area contributed by atoms with Gasteiger partial charge in [0.1, 0.15) is 0 Å². The topological polar surface area (TPSA) is 0 Å². The first-order valence-corrected chi connectivity index (χ1v) is 5.26. The molecule has 0 aromatic heterocycles. The highest BCUT2D eigenvalue weighted by molar-refractivity contribution is 9.09. The number of rotatable bonds is 1. The number of hydrogen-bond donors (Lipinski definition) is 0. The molecule has 0 saturated heterocycles. The average molecular weight is 234 g/mol. The van der Waals surface area contributed by atoms with Gasteiger partial charge in [-0.05, 0) is 24.8 Å². The minimum atomic E-state index is 0.465. The summed E-state index contributed by atoms with van der Waals surface area (Å²) in [6.45, 7) is 0. The van der Waals surface area contributed by atoms with E-state index in [0.29, 0.717) is 10.7 Å². The second kappa shape index (κ2) is 2.95. The van der Waals surface area contributed by atoms with Crippen molar-refractivity contribution in [1.29, 1.82) is 0 Å². The SMILES string of the molecule is ClC1=CC=CC(Br)C1C1CC1. The van der Waals surface area contributed by atoms with Crippen LogP contribution in [0.4, 0.5) is 0 Å². The molecule has 2 rings (SSSR count). The van der Waals surface area contributed by atoms with E-state index in [-0.39, 0.29) is 0 Å². The molecule has 2 unspecified atom stereocenters. The molecule has 2 heteroatoms. The molecule has 0 N–H and O–H groups in total. The quantitative estimate of drug-likeness (QED) is 0.609. The largest absolute Gasteiger partial charge is 0.0888 e. The molecular formula is C9H10BrCl. The van der Waals surface area contributed by atoms with Crippen molar-refractivity contribution >= 4 is 27.5 Å². The molecule has 2 aliphatic carbocycles. The number of hydrogen-bond acceptors (Lipinski definition) is 0. The van der Waals surface area contributed by atoms with E-state index in [9.17, 15) is 0 Å². The Morgan fingerprint density at radius 2 is 2.18 bits per heavy atom. The van der Waals surface area contributed by atoms with E-state index < -0.39 is 0 Å². The van der Waals surface area contributed by atoms with Crippen LogP contribution in [-0.2, 0) is 0 Å². The zero-order valence-corrected chi connectivity index (χ0v) is 8.48. The summed E-state index contributed by atoms with van der Waals surface area (Å²) >= 11 is 9.72. The third kappa shape index (κ3) is 1.54. The molecule has 0 spiro atoms. The predicted octanol–water partition coefficient (Wildman–Crippen LogP) is 3.47. The van der Waals surface area contributed by atoms with Crippen molar-refractivity contribution in [2.75, 3.05) is 0 Å². The lowest BCUT2D eigenvalue weighted by Crippen LogP contribution is -2.16. The fourth-order valence-corrected chi connectivity index (χ4v) is 3.01. The Labute approximate surface area is 80.4 Å². The maximum absolute atomic E-state index is 6.09. The zero-order chi connectivity index (χ0) is 7.84. The van der Waals surface area contributed by atoms with E-state index >= 15 is 0 Å². The van der Waals surface area contributed by atoms with Crippen LogP contribution in [0.2, 0.25) is 0 Å². The lowest BCUT2D eigenvalue weighted by molar-refractivity contribution is 0.578. The molecule has 0 nitrogen and oxygen atoms in total. The minimum Gasteiger partial charge on any atom is -0.0888 e. The van der Waals surface area contributed by atoms with Crippen LogP contribution in [0, 0.1) is 11.8 Å². The smallest absolute Gasteiger partial charge is 0.0408 e. The van der Waals surface area contributed by atoms with Gasteiger partial charge in [-0.25, -0.2) is 0 Å². The van der Waals surface area contributed by atoms with Gasteiger partial charge in [0.05, 0.1) is 0 Å². The molecule has 2 atom stereocenters. The van der Waals surface area contributed by atoms with Gasteiger partial charge < -0.3 is 0 Å². The van der Waals surface area contributed by atoms with Crippen LogP contribution in [0.1, 0.15) is 12.8 Å². The van der Waals surface area contributed by atoms with Crippen LogP contribution in [-0.4, -0.2) is 4.83 Å². The van der Waals surface area contributed by atoms with Gasteiger partial charge in [-0.1, -0.05) is 39.7 Å². The van der Waals surface area contributed by atoms with E-state index in [4.69, 9.17) is 11.6 Å². The van der Waals surface area contributed by atoms with Crippen molar-refractivity contribution in [1.82, 2.24) is 0 Å². The fraction of sp³-hybridized carbons (Fsp3) is 0.556. The molecule has 1 saturated carbocycles. The van der Waals surface area contributed by atoms with Crippen LogP contribution >= 0.6 is 27.5 Å². The Hall–Kier alpha value is 0.250. The summed E-state index contributed by atoms with van der Waals surface area (Å²) in [5.74, 6) is 1.40. The second-order valence-electron chi connectivity index (χ2n) is 3.24. The summed E-state index contributed by atoms with van der Waals surface area (Å²) in [7, 11) is 0. The van der Waals surface area contributed by atoms with Gasteiger partial charge in [-0.3, -0.25) is 0 Å². The first-order chi connectivity index (χ1) is 5.29. The molecule has 0 aromatic carbocycles. The molecule has 2 aliphatic rings. The Morgan fingerprint density at radius 3 is 2.73 bits per heavy atom. The van der Waals surface area contributed by atoms with E-state index in [1.54, 1.807) is 0 Å². The van der Waals surface area contributed by atoms with E-state index in [1.807, 2.05) is 12.2 Å². The Kier molecular flexibility index (Phi) is 2.11. The maximum atomic E-state index is 6.09. The molecule has 1 fully saturated rings. The van der Waals surface area contributed by atoms with Gasteiger partial charge >= 0.3 is 0 Å². The summed E-state index contributed by atoms with van der Waals surface area (Å²) < 4.78 is 0. The first-order valence-electron chi connectivity index (χ1n) is 3.97. The highest BCUT2D eigenvalue weighted by Crippen LogP contribution is 2.46. The van der Waals surface area contributed by atoms with E-state index in [1.165, 1.54) is 12.8 Å². The van der Waals surface area contributed by atoms with Crippen molar-refractivity contribution < 1.29 is 0 Å². The van der Waals surface area contributed by atoms with Gasteiger partial charge in [-0.15, -0.1) is 0 Å². The summed E-state index contributed by atoms with van der Waals surface area (Å²) in [5.41, 5.74) is 0. The molecule has 0 heterocycles. The predicted molar refractivity (Wildman–Crippen MR) is 52.0 cm³/mol. The van der Waals surface area contributed by atoms with Crippen molar-refractivity contribution in [3.05, 3.63) is 23.3 Å². The van der Waals surface area contributed by atoms with E-state index in [0.717, 1.165) is 11.0 Å². The lowest BCUT2D eigenvalue weighted by Gasteiger charge is -2.21. The number of alkyl halides is 1. The molecule has 0 aliphatic heterocycles. The van der Waals surface area contributed by atoms with E-state index in [2.05, 4.69) is 22.0 Å². The highest BCUT2D eigenvalue weighted by Gasteiger charge is 2.37. The van der Waals surface area contributed by atoms with Gasteiger partial charge in [-0.2, -0.15) is 0 Å². The average Bonchev–Trinajstić information content (AvgIpc) is 2.70. The molecular weight excluding hydrogens is 223 g/mol. The second-order valence-corrected chi connectivity index (χ2v) is 4.74. The molecule has 0 aromatic rings. The Bertz CT molecular complexity index is 216. The van der Waals surface area contributed by atoms with Crippen molar-refractivity contribution in [2.45, 2.75) is 17.7 Å². The van der Waals surface area contributed by atoms with Crippen LogP contribution < -0.4 is 0 Å². The van der Waals surface area contributed by atoms with Gasteiger partial charge in [0.25, 0.3) is 0 Å². The molecule has 0 radical (unpaired) electrons. The zero-order valence-electron chi connectivity index (χ0n) is 6.13. The van der Waals surface area contributed by atoms with Gasteiger partial charge in [0.2, 0.25) is 0 Å². The minimum absolute atomic E-state index is 0.465. The number of halogens is 2. The molecule has 60 valence electrons. The highest BCUT2D eigenvalue weighted by atomic mass is 79.9. The summed E-state index contributed by atoms with van der Waals surface area (Å²) in [5, 5.41) is 1.02. The third-order valence-electron chi connectivity index (χ3n) is 2.34. The third-order valence-corrected chi connectivity index (χ3v) is 3.59. The lowest BCUT2D eigenvalue weighted by atomic mass is 9.95. The fourth-order valence-electron chi connectivity index (χ4n) is 1.58. The molecule has 0 bridgehead atoms. The van der Waals surface area contributed by atoms with Gasteiger partial charge in [0.15, 0.2) is 0 Å². The maximum Gasteiger partial charge on any atom is 0.0408 e. The molecule has 11 heavy (non-hydrogen) atoms. The number of allylic oxidation sites excluding steroid dienone is 4. The Morgan fingerprint density at radius 1 is 1.45 bits per heavy atom. The Balaban J connectivity index is 2.16. The van der Waals surface area contributed by atoms with Crippen molar-refractivity contribution in [3.63, 3.8) is 0 Å². The van der Waals surface area contributed by atoms with Crippen molar-refractivity contribution in [2.24, 2.45) is 11.8 Å². The van der Waals surface area contributed by atoms with Crippen molar-refractivity contribution in [3.8, 4) is 0 Å². The normalized spacial score (nSPS) is 37.1. The van der Waals surface area contributed by atoms with Crippen LogP contribution in [0.25, 0.3) is 0 Å². The van der Waals surface area contributed by atoms with Crippen LogP contribution in [0.3, 0.4) is 0 Å².